The van der Waals surface area contributed by atoms with Crippen LogP contribution >= 0.6 is 0 Å². The Bertz CT molecular complexity index is 402. The Kier molecular flexibility index (Phi) is 7.27. The van der Waals surface area contributed by atoms with E-state index < -0.39 is 0 Å². The fourth-order valence-corrected chi connectivity index (χ4v) is 1.53. The lowest BCUT2D eigenvalue weighted by atomic mass is 10.1. The molecule has 0 aliphatic rings. The summed E-state index contributed by atoms with van der Waals surface area (Å²) in [5, 5.41) is 5.62. The molecule has 2 heteroatoms. The quantitative estimate of drug-likeness (QED) is 0.704. The maximum absolute atomic E-state index is 4.34. The van der Waals surface area contributed by atoms with Gasteiger partial charge in [0, 0.05) is 18.6 Å². The molecule has 0 radical (unpaired) electrons. The summed E-state index contributed by atoms with van der Waals surface area (Å²) in [6.07, 6.45) is 3.15. The number of hydrogen-bond acceptors (Lipinski definition) is 1. The fraction of sp³-hybridized carbons (Fsp3) is 0.500. The summed E-state index contributed by atoms with van der Waals surface area (Å²) in [5.74, 6) is 0. The second-order valence-corrected chi connectivity index (χ2v) is 3.01. The van der Waals surface area contributed by atoms with Crippen molar-refractivity contribution in [3.05, 3.63) is 30.0 Å². The molecule has 0 bridgehead atoms. The summed E-state index contributed by atoms with van der Waals surface area (Å²) < 4.78 is 1.86. The van der Waals surface area contributed by atoms with Crippen molar-refractivity contribution in [1.82, 2.24) is 9.78 Å². The molecular formula is C14H24N2. The molecule has 0 saturated carbocycles. The summed E-state index contributed by atoms with van der Waals surface area (Å²) in [5.41, 5.74) is 2.47. The van der Waals surface area contributed by atoms with Crippen molar-refractivity contribution in [1.29, 1.82) is 0 Å². The zero-order chi connectivity index (χ0) is 12.6. The first-order valence-corrected chi connectivity index (χ1v) is 6.22. The Balaban J connectivity index is 0.000000509. The molecule has 0 spiro atoms. The molecule has 0 amide bonds. The predicted octanol–water partition coefficient (Wildman–Crippen LogP) is 4.19. The van der Waals surface area contributed by atoms with Gasteiger partial charge in [0.2, 0.25) is 0 Å². The lowest BCUT2D eigenvalue weighted by molar-refractivity contribution is 0.779. The van der Waals surface area contributed by atoms with Crippen molar-refractivity contribution in [2.24, 2.45) is 7.05 Å². The van der Waals surface area contributed by atoms with Crippen molar-refractivity contribution < 1.29 is 0 Å². The molecule has 0 saturated heterocycles. The SMILES string of the molecule is CC.CC.CCc1cccc2nn(C)cc12. The van der Waals surface area contributed by atoms with Gasteiger partial charge in [0.25, 0.3) is 0 Å². The molecule has 0 aliphatic heterocycles. The van der Waals surface area contributed by atoms with Gasteiger partial charge >= 0.3 is 0 Å². The minimum atomic E-state index is 1.07. The maximum atomic E-state index is 4.34. The molecule has 2 rings (SSSR count). The Morgan fingerprint density at radius 2 is 1.75 bits per heavy atom. The highest BCUT2D eigenvalue weighted by atomic mass is 15.2. The molecule has 1 aromatic carbocycles. The van der Waals surface area contributed by atoms with Gasteiger partial charge in [-0.3, -0.25) is 4.68 Å². The third-order valence-electron chi connectivity index (χ3n) is 2.14. The molecule has 1 heterocycles. The summed E-state index contributed by atoms with van der Waals surface area (Å²) in [6, 6.07) is 6.27. The summed E-state index contributed by atoms with van der Waals surface area (Å²) in [4.78, 5) is 0. The molecule has 2 nitrogen and oxygen atoms in total. The average Bonchev–Trinajstić information content (AvgIpc) is 2.74. The average molecular weight is 220 g/mol. The van der Waals surface area contributed by atoms with Crippen LogP contribution in [0.15, 0.2) is 24.4 Å². The van der Waals surface area contributed by atoms with Crippen LogP contribution in [0.2, 0.25) is 0 Å². The van der Waals surface area contributed by atoms with E-state index in [2.05, 4.69) is 36.4 Å². The third kappa shape index (κ3) is 3.37. The molecule has 0 fully saturated rings. The van der Waals surface area contributed by atoms with Gasteiger partial charge in [-0.15, -0.1) is 0 Å². The van der Waals surface area contributed by atoms with Crippen molar-refractivity contribution in [3.8, 4) is 0 Å². The van der Waals surface area contributed by atoms with Crippen molar-refractivity contribution in [3.63, 3.8) is 0 Å². The molecule has 0 atom stereocenters. The van der Waals surface area contributed by atoms with Crippen LogP contribution in [-0.2, 0) is 13.5 Å². The van der Waals surface area contributed by atoms with Gasteiger partial charge in [0.05, 0.1) is 5.52 Å². The standard InChI is InChI=1S/C10H12N2.2C2H6/c1-3-8-5-4-6-10-9(8)7-12(2)11-10;2*1-2/h4-7H,3H2,1-2H3;2*1-2H3. The van der Waals surface area contributed by atoms with Crippen LogP contribution in [0.1, 0.15) is 40.2 Å². The van der Waals surface area contributed by atoms with Crippen molar-refractivity contribution in [2.45, 2.75) is 41.0 Å². The molecule has 0 aliphatic carbocycles. The topological polar surface area (TPSA) is 17.8 Å². The monoisotopic (exact) mass is 220 g/mol. The first kappa shape index (κ1) is 14.7. The fourth-order valence-electron chi connectivity index (χ4n) is 1.53. The highest BCUT2D eigenvalue weighted by Gasteiger charge is 2.00. The molecule has 2 aromatic rings. The van der Waals surface area contributed by atoms with Crippen molar-refractivity contribution in [2.75, 3.05) is 0 Å². The van der Waals surface area contributed by atoms with E-state index in [4.69, 9.17) is 0 Å². The van der Waals surface area contributed by atoms with E-state index in [0.29, 0.717) is 0 Å². The van der Waals surface area contributed by atoms with Gasteiger partial charge in [0.15, 0.2) is 0 Å². The first-order valence-electron chi connectivity index (χ1n) is 6.22. The largest absolute Gasteiger partial charge is 0.275 e. The number of aryl methyl sites for hydroxylation is 2. The number of fused-ring (bicyclic) bond motifs is 1. The van der Waals surface area contributed by atoms with E-state index in [9.17, 15) is 0 Å². The number of nitrogens with zero attached hydrogens (tertiary/aromatic N) is 2. The van der Waals surface area contributed by atoms with Crippen LogP contribution in [0.25, 0.3) is 10.9 Å². The van der Waals surface area contributed by atoms with Gasteiger partial charge < -0.3 is 0 Å². The highest BCUT2D eigenvalue weighted by Crippen LogP contribution is 2.16. The zero-order valence-electron chi connectivity index (χ0n) is 11.4. The molecule has 0 N–H and O–H groups in total. The van der Waals surface area contributed by atoms with E-state index in [1.165, 1.54) is 10.9 Å². The van der Waals surface area contributed by atoms with E-state index in [0.717, 1.165) is 11.9 Å². The lowest BCUT2D eigenvalue weighted by Gasteiger charge is -1.95. The van der Waals surface area contributed by atoms with Crippen LogP contribution in [0.5, 0.6) is 0 Å². The van der Waals surface area contributed by atoms with E-state index >= 15 is 0 Å². The van der Waals surface area contributed by atoms with Crippen LogP contribution in [0.3, 0.4) is 0 Å². The number of aromatic nitrogens is 2. The third-order valence-corrected chi connectivity index (χ3v) is 2.14. The highest BCUT2D eigenvalue weighted by molar-refractivity contribution is 5.81. The van der Waals surface area contributed by atoms with Gasteiger partial charge in [-0.1, -0.05) is 46.8 Å². The Morgan fingerprint density at radius 3 is 2.31 bits per heavy atom. The lowest BCUT2D eigenvalue weighted by Crippen LogP contribution is -1.84. The Labute approximate surface area is 99.3 Å². The van der Waals surface area contributed by atoms with Crippen LogP contribution in [-0.4, -0.2) is 9.78 Å². The van der Waals surface area contributed by atoms with Crippen LogP contribution in [0, 0.1) is 0 Å². The molecule has 1 aromatic heterocycles. The normalized spacial score (nSPS) is 8.88. The second kappa shape index (κ2) is 7.91. The van der Waals surface area contributed by atoms with Gasteiger partial charge in [0.1, 0.15) is 0 Å². The molecule has 0 unspecified atom stereocenters. The molecule has 90 valence electrons. The number of rotatable bonds is 1. The Morgan fingerprint density at radius 1 is 1.12 bits per heavy atom. The van der Waals surface area contributed by atoms with Gasteiger partial charge in [-0.25, -0.2) is 0 Å². The van der Waals surface area contributed by atoms with Gasteiger partial charge in [-0.2, -0.15) is 5.10 Å². The second-order valence-electron chi connectivity index (χ2n) is 3.01. The number of hydrogen-bond donors (Lipinski definition) is 0. The van der Waals surface area contributed by atoms with Crippen LogP contribution < -0.4 is 0 Å². The maximum Gasteiger partial charge on any atom is 0.0925 e. The summed E-state index contributed by atoms with van der Waals surface area (Å²) in [7, 11) is 1.96. The minimum Gasteiger partial charge on any atom is -0.275 e. The molecular weight excluding hydrogens is 196 g/mol. The summed E-state index contributed by atoms with van der Waals surface area (Å²) >= 11 is 0. The smallest absolute Gasteiger partial charge is 0.0925 e. The van der Waals surface area contributed by atoms with E-state index in [1.807, 2.05) is 39.4 Å². The van der Waals surface area contributed by atoms with Crippen molar-refractivity contribution >= 4 is 10.9 Å². The minimum absolute atomic E-state index is 1.07. The van der Waals surface area contributed by atoms with Gasteiger partial charge in [-0.05, 0) is 18.1 Å². The van der Waals surface area contributed by atoms with E-state index in [-0.39, 0.29) is 0 Å². The Hall–Kier alpha value is -1.31. The van der Waals surface area contributed by atoms with E-state index in [1.54, 1.807) is 0 Å². The predicted molar refractivity (Wildman–Crippen MR) is 72.8 cm³/mol. The first-order chi connectivity index (χ1) is 7.81. The molecule has 16 heavy (non-hydrogen) atoms. The zero-order valence-corrected chi connectivity index (χ0v) is 11.4. The summed E-state index contributed by atoms with van der Waals surface area (Å²) in [6.45, 7) is 10.2. The number of benzene rings is 1. The van der Waals surface area contributed by atoms with Crippen LogP contribution in [0.4, 0.5) is 0 Å².